The maximum atomic E-state index is 12.9. The number of aromatic nitrogens is 2. The Morgan fingerprint density at radius 2 is 2.09 bits per heavy atom. The number of hydrogen-bond acceptors (Lipinski definition) is 4. The molecule has 5 nitrogen and oxygen atoms in total. The van der Waals surface area contributed by atoms with Gasteiger partial charge in [-0.1, -0.05) is 27.2 Å². The fraction of sp³-hybridized carbons (Fsp3) is 0.706. The molecule has 2 unspecified atom stereocenters. The Balaban J connectivity index is 2.26. The summed E-state index contributed by atoms with van der Waals surface area (Å²) in [5, 5.41) is 0. The summed E-state index contributed by atoms with van der Waals surface area (Å²) >= 11 is 0. The summed E-state index contributed by atoms with van der Waals surface area (Å²) in [4.78, 5) is 25.9. The van der Waals surface area contributed by atoms with Crippen LogP contribution in [0.15, 0.2) is 6.20 Å². The van der Waals surface area contributed by atoms with E-state index >= 15 is 0 Å². The van der Waals surface area contributed by atoms with Gasteiger partial charge in [0.15, 0.2) is 0 Å². The van der Waals surface area contributed by atoms with Crippen molar-refractivity contribution in [2.24, 2.45) is 5.92 Å². The molecule has 1 saturated heterocycles. The van der Waals surface area contributed by atoms with E-state index in [0.29, 0.717) is 17.5 Å². The van der Waals surface area contributed by atoms with Gasteiger partial charge in [-0.3, -0.25) is 4.79 Å². The van der Waals surface area contributed by atoms with Crippen LogP contribution in [0.2, 0.25) is 0 Å². The third-order valence-corrected chi connectivity index (χ3v) is 4.60. The van der Waals surface area contributed by atoms with Gasteiger partial charge in [-0.25, -0.2) is 9.97 Å². The van der Waals surface area contributed by atoms with Crippen molar-refractivity contribution in [3.63, 3.8) is 0 Å². The molecule has 2 heterocycles. The maximum absolute atomic E-state index is 12.9. The minimum absolute atomic E-state index is 0.0755. The van der Waals surface area contributed by atoms with E-state index in [1.54, 1.807) is 6.20 Å². The summed E-state index contributed by atoms with van der Waals surface area (Å²) in [6, 6.07) is 0.433. The lowest BCUT2D eigenvalue weighted by atomic mass is 10.0. The quantitative estimate of drug-likeness (QED) is 0.856. The summed E-state index contributed by atoms with van der Waals surface area (Å²) in [5.74, 6) is 1.55. The molecule has 1 aliphatic heterocycles. The minimum Gasteiger partial charge on any atom is -0.337 e. The molecule has 0 aromatic carbocycles. The molecule has 0 bridgehead atoms. The molecule has 0 saturated carbocycles. The van der Waals surface area contributed by atoms with Gasteiger partial charge in [-0.2, -0.15) is 0 Å². The van der Waals surface area contributed by atoms with Gasteiger partial charge in [0.1, 0.15) is 5.82 Å². The van der Waals surface area contributed by atoms with Crippen molar-refractivity contribution in [2.45, 2.75) is 46.1 Å². The number of likely N-dealkylation sites (tertiary alicyclic amines) is 1. The molecule has 0 radical (unpaired) electrons. The maximum Gasteiger partial charge on any atom is 0.257 e. The Kier molecular flexibility index (Phi) is 5.16. The lowest BCUT2D eigenvalue weighted by Gasteiger charge is -2.24. The van der Waals surface area contributed by atoms with Crippen molar-refractivity contribution in [3.05, 3.63) is 23.3 Å². The van der Waals surface area contributed by atoms with Gasteiger partial charge in [0.25, 0.3) is 5.91 Å². The van der Waals surface area contributed by atoms with Crippen LogP contribution in [0, 0.1) is 12.8 Å². The second kappa shape index (κ2) is 6.73. The average Bonchev–Trinajstić information content (AvgIpc) is 2.90. The second-order valence-corrected chi connectivity index (χ2v) is 6.78. The first kappa shape index (κ1) is 16.9. The first-order valence-electron chi connectivity index (χ1n) is 8.14. The van der Waals surface area contributed by atoms with Crippen LogP contribution in [0.1, 0.15) is 55.0 Å². The average molecular weight is 304 g/mol. The Morgan fingerprint density at radius 1 is 1.41 bits per heavy atom. The third kappa shape index (κ3) is 3.29. The Labute approximate surface area is 133 Å². The molecular formula is C17H28N4O. The van der Waals surface area contributed by atoms with E-state index < -0.39 is 0 Å². The zero-order chi connectivity index (χ0) is 16.4. The van der Waals surface area contributed by atoms with E-state index in [9.17, 15) is 4.79 Å². The zero-order valence-electron chi connectivity index (χ0n) is 14.6. The highest BCUT2D eigenvalue weighted by atomic mass is 16.2. The van der Waals surface area contributed by atoms with Crippen LogP contribution in [-0.2, 0) is 0 Å². The molecule has 0 aliphatic carbocycles. The van der Waals surface area contributed by atoms with Crippen LogP contribution >= 0.6 is 0 Å². The van der Waals surface area contributed by atoms with Crippen molar-refractivity contribution < 1.29 is 4.79 Å². The van der Waals surface area contributed by atoms with Gasteiger partial charge < -0.3 is 9.80 Å². The molecule has 2 atom stereocenters. The summed E-state index contributed by atoms with van der Waals surface area (Å²) in [7, 11) is 4.19. The van der Waals surface area contributed by atoms with E-state index in [0.717, 1.165) is 31.0 Å². The highest BCUT2D eigenvalue weighted by Crippen LogP contribution is 2.26. The first-order chi connectivity index (χ1) is 10.3. The van der Waals surface area contributed by atoms with Gasteiger partial charge >= 0.3 is 0 Å². The van der Waals surface area contributed by atoms with E-state index in [1.165, 1.54) is 0 Å². The number of rotatable bonds is 4. The van der Waals surface area contributed by atoms with Crippen molar-refractivity contribution in [3.8, 4) is 0 Å². The van der Waals surface area contributed by atoms with Gasteiger partial charge in [0.05, 0.1) is 11.3 Å². The lowest BCUT2D eigenvalue weighted by Crippen LogP contribution is -2.36. The number of hydrogen-bond donors (Lipinski definition) is 0. The Hall–Kier alpha value is -1.49. The van der Waals surface area contributed by atoms with Crippen molar-refractivity contribution in [1.29, 1.82) is 0 Å². The minimum atomic E-state index is 0.0755. The number of likely N-dealkylation sites (N-methyl/N-ethyl adjacent to an activating group) is 1. The van der Waals surface area contributed by atoms with E-state index in [-0.39, 0.29) is 11.8 Å². The molecule has 1 amide bonds. The fourth-order valence-electron chi connectivity index (χ4n) is 3.27. The molecule has 22 heavy (non-hydrogen) atoms. The number of amides is 1. The number of carbonyl (C=O) groups excluding carboxylic acids is 1. The highest BCUT2D eigenvalue weighted by Gasteiger charge is 2.36. The zero-order valence-corrected chi connectivity index (χ0v) is 14.6. The van der Waals surface area contributed by atoms with Crippen LogP contribution in [0.3, 0.4) is 0 Å². The summed E-state index contributed by atoms with van der Waals surface area (Å²) in [6.07, 6.45) is 2.79. The van der Waals surface area contributed by atoms with Crippen molar-refractivity contribution in [2.75, 3.05) is 27.2 Å². The topological polar surface area (TPSA) is 49.3 Å². The Morgan fingerprint density at radius 3 is 2.59 bits per heavy atom. The van der Waals surface area contributed by atoms with Gasteiger partial charge in [0, 0.05) is 25.3 Å². The summed E-state index contributed by atoms with van der Waals surface area (Å²) < 4.78 is 0. The van der Waals surface area contributed by atoms with Crippen molar-refractivity contribution >= 4 is 5.91 Å². The van der Waals surface area contributed by atoms with Crippen LogP contribution in [0.4, 0.5) is 0 Å². The second-order valence-electron chi connectivity index (χ2n) is 6.78. The predicted octanol–water partition coefficient (Wildman–Crippen LogP) is 2.32. The van der Waals surface area contributed by atoms with Gasteiger partial charge in [-0.05, 0) is 32.9 Å². The smallest absolute Gasteiger partial charge is 0.257 e. The van der Waals surface area contributed by atoms with E-state index in [1.807, 2.05) is 11.8 Å². The predicted molar refractivity (Wildman–Crippen MR) is 88.0 cm³/mol. The molecule has 5 heteroatoms. The molecule has 1 aromatic heterocycles. The number of carbonyl (C=O) groups is 1. The molecular weight excluding hydrogens is 276 g/mol. The largest absolute Gasteiger partial charge is 0.337 e. The molecule has 1 fully saturated rings. The molecule has 0 spiro atoms. The SMILES string of the molecule is CCC1CN(C(=O)c2cnc(C)nc2C(C)C)CC1N(C)C. The lowest BCUT2D eigenvalue weighted by molar-refractivity contribution is 0.0778. The van der Waals surface area contributed by atoms with Crippen LogP contribution in [0.25, 0.3) is 0 Å². The molecule has 0 N–H and O–H groups in total. The normalized spacial score (nSPS) is 21.9. The molecule has 2 rings (SSSR count). The highest BCUT2D eigenvalue weighted by molar-refractivity contribution is 5.95. The van der Waals surface area contributed by atoms with E-state index in [2.05, 4.69) is 49.7 Å². The third-order valence-electron chi connectivity index (χ3n) is 4.60. The van der Waals surface area contributed by atoms with Gasteiger partial charge in [-0.15, -0.1) is 0 Å². The van der Waals surface area contributed by atoms with Crippen LogP contribution in [0.5, 0.6) is 0 Å². The Bertz CT molecular complexity index is 541. The van der Waals surface area contributed by atoms with Crippen molar-refractivity contribution in [1.82, 2.24) is 19.8 Å². The standard InChI is InChI=1S/C17H28N4O/c1-7-13-9-21(10-15(13)20(5)6)17(22)14-8-18-12(4)19-16(14)11(2)3/h8,11,13,15H,7,9-10H2,1-6H3. The fourth-order valence-corrected chi connectivity index (χ4v) is 3.27. The number of aryl methyl sites for hydroxylation is 1. The summed E-state index contributed by atoms with van der Waals surface area (Å²) in [5.41, 5.74) is 1.52. The number of nitrogens with zero attached hydrogens (tertiary/aromatic N) is 4. The monoisotopic (exact) mass is 304 g/mol. The first-order valence-corrected chi connectivity index (χ1v) is 8.14. The van der Waals surface area contributed by atoms with Crippen LogP contribution in [-0.4, -0.2) is 58.9 Å². The van der Waals surface area contributed by atoms with Crippen LogP contribution < -0.4 is 0 Å². The molecule has 122 valence electrons. The molecule has 1 aromatic rings. The van der Waals surface area contributed by atoms with Gasteiger partial charge in [0.2, 0.25) is 0 Å². The molecule has 1 aliphatic rings. The summed E-state index contributed by atoms with van der Waals surface area (Å²) in [6.45, 7) is 9.81. The van der Waals surface area contributed by atoms with E-state index in [4.69, 9.17) is 0 Å².